The number of amides is 3. The molecule has 2 heterocycles. The first-order chi connectivity index (χ1) is 16.8. The number of hydrogen-bond donors (Lipinski definition) is 3. The normalized spacial score (nSPS) is 15.2. The van der Waals surface area contributed by atoms with Crippen molar-refractivity contribution >= 4 is 34.7 Å². The largest absolute Gasteiger partial charge is 0.395 e. The standard InChI is InChI=1S/C26H36N4O4S/c1-20-19-35-25(26(34)29(2)12-15-31)24(20)28-23(33)18-30(13-8-3-4-9-14-30)17-22(32)27-16-21-10-6-5-7-11-21/h5-7,10-11,19,31H,3-4,8-9,12-18H2,1-2H3,(H-,27,28,32,33,34)/p+1. The molecule has 0 aliphatic carbocycles. The fourth-order valence-corrected chi connectivity index (χ4v) is 5.55. The number of likely N-dealkylation sites (tertiary alicyclic amines) is 1. The van der Waals surface area contributed by atoms with Crippen molar-refractivity contribution in [2.45, 2.75) is 39.2 Å². The summed E-state index contributed by atoms with van der Waals surface area (Å²) in [4.78, 5) is 40.9. The Labute approximate surface area is 211 Å². The zero-order valence-electron chi connectivity index (χ0n) is 20.7. The van der Waals surface area contributed by atoms with Crippen molar-refractivity contribution in [1.29, 1.82) is 0 Å². The second kappa shape index (κ2) is 12.8. The Bertz CT molecular complexity index is 1000. The predicted molar refractivity (Wildman–Crippen MR) is 138 cm³/mol. The molecule has 0 spiro atoms. The van der Waals surface area contributed by atoms with Crippen molar-refractivity contribution in [3.8, 4) is 0 Å². The van der Waals surface area contributed by atoms with Gasteiger partial charge in [0.2, 0.25) is 0 Å². The molecule has 0 radical (unpaired) electrons. The number of benzene rings is 1. The maximum Gasteiger partial charge on any atom is 0.279 e. The van der Waals surface area contributed by atoms with Crippen molar-refractivity contribution < 1.29 is 24.0 Å². The molecule has 3 amide bonds. The summed E-state index contributed by atoms with van der Waals surface area (Å²) in [6.07, 6.45) is 4.16. The quantitative estimate of drug-likeness (QED) is 0.436. The van der Waals surface area contributed by atoms with Crippen LogP contribution >= 0.6 is 11.3 Å². The number of quaternary nitrogens is 1. The second-order valence-corrected chi connectivity index (χ2v) is 10.3. The topological polar surface area (TPSA) is 98.7 Å². The highest BCUT2D eigenvalue weighted by molar-refractivity contribution is 7.13. The number of carbonyl (C=O) groups excluding carboxylic acids is 3. The smallest absolute Gasteiger partial charge is 0.279 e. The zero-order chi connectivity index (χ0) is 25.3. The summed E-state index contributed by atoms with van der Waals surface area (Å²) in [5.41, 5.74) is 2.39. The number of aryl methyl sites for hydroxylation is 1. The lowest BCUT2D eigenvalue weighted by molar-refractivity contribution is -0.912. The van der Waals surface area contributed by atoms with Gasteiger partial charge in [-0.3, -0.25) is 14.4 Å². The highest BCUT2D eigenvalue weighted by Crippen LogP contribution is 2.29. The van der Waals surface area contributed by atoms with E-state index in [1.165, 1.54) is 16.2 Å². The van der Waals surface area contributed by atoms with E-state index in [1.54, 1.807) is 7.05 Å². The molecule has 1 aliphatic heterocycles. The van der Waals surface area contributed by atoms with Gasteiger partial charge >= 0.3 is 0 Å². The molecule has 35 heavy (non-hydrogen) atoms. The molecule has 9 heteroatoms. The molecule has 1 aromatic carbocycles. The van der Waals surface area contributed by atoms with Crippen molar-refractivity contribution in [3.63, 3.8) is 0 Å². The van der Waals surface area contributed by atoms with Gasteiger partial charge in [0.05, 0.1) is 25.4 Å². The van der Waals surface area contributed by atoms with Crippen molar-refractivity contribution in [2.24, 2.45) is 0 Å². The fraction of sp³-hybridized carbons (Fsp3) is 0.500. The third-order valence-electron chi connectivity index (χ3n) is 6.52. The third kappa shape index (κ3) is 7.62. The Balaban J connectivity index is 1.69. The van der Waals surface area contributed by atoms with Crippen molar-refractivity contribution in [2.75, 3.05) is 51.7 Å². The van der Waals surface area contributed by atoms with Crippen LogP contribution in [0, 0.1) is 6.92 Å². The first kappa shape index (κ1) is 26.8. The van der Waals surface area contributed by atoms with Gasteiger partial charge in [-0.15, -0.1) is 11.3 Å². The molecule has 0 unspecified atom stereocenters. The molecule has 1 fully saturated rings. The fourth-order valence-electron chi connectivity index (χ4n) is 4.55. The molecular formula is C26H37N4O4S+. The van der Waals surface area contributed by atoms with Crippen LogP contribution in [0.25, 0.3) is 0 Å². The average Bonchev–Trinajstić information content (AvgIpc) is 3.04. The predicted octanol–water partition coefficient (Wildman–Crippen LogP) is 2.77. The molecule has 3 rings (SSSR count). The highest BCUT2D eigenvalue weighted by Gasteiger charge is 2.34. The van der Waals surface area contributed by atoms with Gasteiger partial charge in [0.1, 0.15) is 4.88 Å². The minimum absolute atomic E-state index is 0.0586. The Morgan fingerprint density at radius 3 is 2.34 bits per heavy atom. The van der Waals surface area contributed by atoms with E-state index >= 15 is 0 Å². The van der Waals surface area contributed by atoms with Crippen molar-refractivity contribution in [3.05, 3.63) is 51.7 Å². The Morgan fingerprint density at radius 1 is 1.03 bits per heavy atom. The van der Waals surface area contributed by atoms with Crippen LogP contribution in [0.3, 0.4) is 0 Å². The second-order valence-electron chi connectivity index (χ2n) is 9.40. The van der Waals surface area contributed by atoms with Gasteiger partial charge in [0.15, 0.2) is 13.1 Å². The van der Waals surface area contributed by atoms with E-state index < -0.39 is 0 Å². The number of thiophene rings is 1. The summed E-state index contributed by atoms with van der Waals surface area (Å²) < 4.78 is 0.420. The molecule has 1 aromatic heterocycles. The number of carbonyl (C=O) groups is 3. The highest BCUT2D eigenvalue weighted by atomic mass is 32.1. The van der Waals surface area contributed by atoms with Gasteiger partial charge in [-0.2, -0.15) is 0 Å². The van der Waals surface area contributed by atoms with E-state index in [4.69, 9.17) is 5.11 Å². The number of likely N-dealkylation sites (N-methyl/N-ethyl adjacent to an activating group) is 1. The summed E-state index contributed by atoms with van der Waals surface area (Å²) in [7, 11) is 1.63. The lowest BCUT2D eigenvalue weighted by Crippen LogP contribution is -2.57. The first-order valence-corrected chi connectivity index (χ1v) is 13.1. The van der Waals surface area contributed by atoms with E-state index in [9.17, 15) is 14.4 Å². The van der Waals surface area contributed by atoms with Gasteiger partial charge in [-0.05, 0) is 49.1 Å². The van der Waals surface area contributed by atoms with Gasteiger partial charge < -0.3 is 25.1 Å². The first-order valence-electron chi connectivity index (χ1n) is 12.2. The zero-order valence-corrected chi connectivity index (χ0v) is 21.5. The van der Waals surface area contributed by atoms with Crippen LogP contribution in [0.2, 0.25) is 0 Å². The number of hydrogen-bond acceptors (Lipinski definition) is 5. The molecule has 0 bridgehead atoms. The van der Waals surface area contributed by atoms with Crippen LogP contribution in [0.15, 0.2) is 35.7 Å². The van der Waals surface area contributed by atoms with E-state index in [1.807, 2.05) is 42.6 Å². The van der Waals surface area contributed by atoms with Crippen LogP contribution in [-0.4, -0.2) is 78.6 Å². The van der Waals surface area contributed by atoms with Crippen LogP contribution in [0.5, 0.6) is 0 Å². The molecule has 2 aromatic rings. The lowest BCUT2D eigenvalue weighted by Gasteiger charge is -2.36. The summed E-state index contributed by atoms with van der Waals surface area (Å²) in [5.74, 6) is -0.480. The molecule has 0 atom stereocenters. The average molecular weight is 502 g/mol. The number of nitrogens with zero attached hydrogens (tertiary/aromatic N) is 2. The Kier molecular flexibility index (Phi) is 9.83. The van der Waals surface area contributed by atoms with Gasteiger partial charge in [0.25, 0.3) is 17.7 Å². The molecule has 1 aliphatic rings. The lowest BCUT2D eigenvalue weighted by atomic mass is 10.2. The van der Waals surface area contributed by atoms with E-state index in [0.29, 0.717) is 21.6 Å². The third-order valence-corrected chi connectivity index (χ3v) is 7.61. The van der Waals surface area contributed by atoms with E-state index in [0.717, 1.165) is 49.9 Å². The molecule has 1 saturated heterocycles. The van der Waals surface area contributed by atoms with Crippen LogP contribution in [-0.2, 0) is 16.1 Å². The summed E-state index contributed by atoms with van der Waals surface area (Å²) in [5, 5.41) is 17.0. The Morgan fingerprint density at radius 2 is 1.69 bits per heavy atom. The van der Waals surface area contributed by atoms with Crippen LogP contribution in [0.4, 0.5) is 5.69 Å². The molecule has 3 N–H and O–H groups in total. The minimum Gasteiger partial charge on any atom is -0.395 e. The minimum atomic E-state index is -0.230. The SMILES string of the molecule is Cc1csc(C(=O)N(C)CCO)c1NC(=O)C[N+]1(CC(=O)NCc2ccccc2)CCCCCC1. The van der Waals surface area contributed by atoms with Crippen molar-refractivity contribution in [1.82, 2.24) is 10.2 Å². The molecular weight excluding hydrogens is 464 g/mol. The van der Waals surface area contributed by atoms with Crippen LogP contribution < -0.4 is 10.6 Å². The van der Waals surface area contributed by atoms with E-state index in [2.05, 4.69) is 10.6 Å². The van der Waals surface area contributed by atoms with Gasteiger partial charge in [-0.25, -0.2) is 0 Å². The molecule has 190 valence electrons. The number of nitrogens with one attached hydrogen (secondary N) is 2. The monoisotopic (exact) mass is 501 g/mol. The number of aliphatic hydroxyl groups is 1. The van der Waals surface area contributed by atoms with Crippen LogP contribution in [0.1, 0.15) is 46.5 Å². The number of aliphatic hydroxyl groups excluding tert-OH is 1. The van der Waals surface area contributed by atoms with Gasteiger partial charge in [-0.1, -0.05) is 30.3 Å². The number of rotatable bonds is 10. The number of anilines is 1. The summed E-state index contributed by atoms with van der Waals surface area (Å²) in [6.45, 7) is 4.43. The van der Waals surface area contributed by atoms with Gasteiger partial charge in [0, 0.05) is 20.1 Å². The molecule has 8 nitrogen and oxygen atoms in total. The maximum atomic E-state index is 13.3. The summed E-state index contributed by atoms with van der Waals surface area (Å²) >= 11 is 1.29. The Hall–Kier alpha value is -2.75. The van der Waals surface area contributed by atoms with E-state index in [-0.39, 0.29) is 44.0 Å². The summed E-state index contributed by atoms with van der Waals surface area (Å²) in [6, 6.07) is 9.79. The molecule has 0 saturated carbocycles. The maximum absolute atomic E-state index is 13.3.